The number of aromatic nitrogens is 1. The highest BCUT2D eigenvalue weighted by Gasteiger charge is 2.23. The Bertz CT molecular complexity index is 1340. The third kappa shape index (κ3) is 4.69. The first-order valence-electron chi connectivity index (χ1n) is 9.95. The van der Waals surface area contributed by atoms with Crippen molar-refractivity contribution in [3.8, 4) is 11.3 Å². The molecule has 1 atom stereocenters. The van der Waals surface area contributed by atoms with Gasteiger partial charge >= 0.3 is 5.97 Å². The van der Waals surface area contributed by atoms with Gasteiger partial charge < -0.3 is 10.1 Å². The van der Waals surface area contributed by atoms with Gasteiger partial charge in [-0.05, 0) is 55.5 Å². The van der Waals surface area contributed by atoms with Crippen molar-refractivity contribution in [2.45, 2.75) is 13.0 Å². The molecule has 5 nitrogen and oxygen atoms in total. The van der Waals surface area contributed by atoms with Crippen molar-refractivity contribution in [2.75, 3.05) is 5.32 Å². The number of halogens is 3. The summed E-state index contributed by atoms with van der Waals surface area (Å²) in [7, 11) is 0. The number of fused-ring (bicyclic) bond motifs is 1. The molecule has 0 fully saturated rings. The molecule has 0 saturated heterocycles. The van der Waals surface area contributed by atoms with Crippen LogP contribution in [0, 0.1) is 17.5 Å². The predicted molar refractivity (Wildman–Crippen MR) is 117 cm³/mol. The number of ether oxygens (including phenoxy) is 1. The summed E-state index contributed by atoms with van der Waals surface area (Å²) < 4.78 is 46.2. The van der Waals surface area contributed by atoms with Crippen LogP contribution in [0.5, 0.6) is 0 Å². The average molecular weight is 450 g/mol. The zero-order chi connectivity index (χ0) is 23.5. The zero-order valence-corrected chi connectivity index (χ0v) is 17.3. The smallest absolute Gasteiger partial charge is 0.339 e. The lowest BCUT2D eigenvalue weighted by Crippen LogP contribution is -2.30. The Morgan fingerprint density at radius 1 is 0.909 bits per heavy atom. The van der Waals surface area contributed by atoms with Crippen LogP contribution < -0.4 is 5.32 Å². The molecule has 0 saturated carbocycles. The van der Waals surface area contributed by atoms with Gasteiger partial charge in [0.25, 0.3) is 5.91 Å². The van der Waals surface area contributed by atoms with E-state index in [0.717, 1.165) is 18.2 Å². The molecule has 1 amide bonds. The third-order valence-electron chi connectivity index (χ3n) is 4.94. The van der Waals surface area contributed by atoms with E-state index in [1.54, 1.807) is 24.3 Å². The standard InChI is InChI=1S/C25H17F3N2O3/c1-14(24(31)30-23-19(27)6-4-7-20(23)28)33-25(32)18-13-22(15-9-11-16(26)12-10-15)29-21-8-3-2-5-17(18)21/h2-14H,1H3,(H,30,31). The van der Waals surface area contributed by atoms with Crippen LogP contribution in [-0.4, -0.2) is 23.0 Å². The van der Waals surface area contributed by atoms with Gasteiger partial charge in [0.1, 0.15) is 23.1 Å². The number of nitrogens with one attached hydrogen (secondary N) is 1. The van der Waals surface area contributed by atoms with Gasteiger partial charge in [-0.1, -0.05) is 24.3 Å². The van der Waals surface area contributed by atoms with Gasteiger partial charge in [-0.25, -0.2) is 22.9 Å². The minimum absolute atomic E-state index is 0.136. The lowest BCUT2D eigenvalue weighted by atomic mass is 10.0. The van der Waals surface area contributed by atoms with Gasteiger partial charge in [0.2, 0.25) is 0 Å². The number of esters is 1. The van der Waals surface area contributed by atoms with E-state index in [0.29, 0.717) is 22.2 Å². The van der Waals surface area contributed by atoms with E-state index in [9.17, 15) is 22.8 Å². The van der Waals surface area contributed by atoms with Gasteiger partial charge in [0.15, 0.2) is 6.10 Å². The average Bonchev–Trinajstić information content (AvgIpc) is 2.81. The minimum Gasteiger partial charge on any atom is -0.449 e. The van der Waals surface area contributed by atoms with Crippen LogP contribution in [-0.2, 0) is 9.53 Å². The number of hydrogen-bond acceptors (Lipinski definition) is 4. The number of hydrogen-bond donors (Lipinski definition) is 1. The normalized spacial score (nSPS) is 11.8. The molecule has 0 aliphatic rings. The SMILES string of the molecule is CC(OC(=O)c1cc(-c2ccc(F)cc2)nc2ccccc12)C(=O)Nc1c(F)cccc1F. The summed E-state index contributed by atoms with van der Waals surface area (Å²) in [6.07, 6.45) is -1.35. The summed E-state index contributed by atoms with van der Waals surface area (Å²) in [6.45, 7) is 1.29. The maximum Gasteiger partial charge on any atom is 0.339 e. The second-order valence-corrected chi connectivity index (χ2v) is 7.21. The quantitative estimate of drug-likeness (QED) is 0.408. The Morgan fingerprint density at radius 3 is 2.27 bits per heavy atom. The Morgan fingerprint density at radius 2 is 1.58 bits per heavy atom. The number of anilines is 1. The first kappa shape index (κ1) is 22.0. The second-order valence-electron chi connectivity index (χ2n) is 7.21. The first-order valence-corrected chi connectivity index (χ1v) is 9.95. The molecule has 0 radical (unpaired) electrons. The van der Waals surface area contributed by atoms with Crippen LogP contribution >= 0.6 is 0 Å². The molecule has 0 spiro atoms. The van der Waals surface area contributed by atoms with Gasteiger partial charge in [-0.3, -0.25) is 4.79 Å². The summed E-state index contributed by atoms with van der Waals surface area (Å²) in [5.41, 5.74) is 0.995. The molecule has 0 bridgehead atoms. The second kappa shape index (κ2) is 9.12. The Hall–Kier alpha value is -4.20. The van der Waals surface area contributed by atoms with Crippen LogP contribution in [0.25, 0.3) is 22.2 Å². The van der Waals surface area contributed by atoms with Crippen LogP contribution in [0.4, 0.5) is 18.9 Å². The van der Waals surface area contributed by atoms with E-state index in [1.165, 1.54) is 37.3 Å². The molecular formula is C25H17F3N2O3. The topological polar surface area (TPSA) is 68.3 Å². The van der Waals surface area contributed by atoms with Crippen molar-refractivity contribution >= 4 is 28.5 Å². The largest absolute Gasteiger partial charge is 0.449 e. The number of para-hydroxylation sites is 2. The highest BCUT2D eigenvalue weighted by molar-refractivity contribution is 6.06. The molecular weight excluding hydrogens is 433 g/mol. The van der Waals surface area contributed by atoms with Crippen molar-refractivity contribution in [1.29, 1.82) is 0 Å². The molecule has 4 rings (SSSR count). The van der Waals surface area contributed by atoms with E-state index in [2.05, 4.69) is 10.3 Å². The minimum atomic E-state index is -1.35. The summed E-state index contributed by atoms with van der Waals surface area (Å²) in [6, 6.07) is 17.1. The fourth-order valence-corrected chi connectivity index (χ4v) is 3.23. The monoisotopic (exact) mass is 450 g/mol. The molecule has 1 aromatic heterocycles. The molecule has 1 heterocycles. The highest BCUT2D eigenvalue weighted by atomic mass is 19.1. The van der Waals surface area contributed by atoms with E-state index in [4.69, 9.17) is 4.74 Å². The number of amides is 1. The fourth-order valence-electron chi connectivity index (χ4n) is 3.23. The maximum atomic E-state index is 13.8. The summed E-state index contributed by atoms with van der Waals surface area (Å²) >= 11 is 0. The molecule has 4 aromatic rings. The van der Waals surface area contributed by atoms with Gasteiger partial charge in [0.05, 0.1) is 16.8 Å². The van der Waals surface area contributed by atoms with Crippen molar-refractivity contribution in [3.63, 3.8) is 0 Å². The highest BCUT2D eigenvalue weighted by Crippen LogP contribution is 2.26. The van der Waals surface area contributed by atoms with Gasteiger partial charge in [-0.2, -0.15) is 0 Å². The van der Waals surface area contributed by atoms with Crippen molar-refractivity contribution in [2.24, 2.45) is 0 Å². The van der Waals surface area contributed by atoms with Crippen molar-refractivity contribution < 1.29 is 27.5 Å². The van der Waals surface area contributed by atoms with Crippen LogP contribution in [0.3, 0.4) is 0 Å². The third-order valence-corrected chi connectivity index (χ3v) is 4.94. The van der Waals surface area contributed by atoms with E-state index >= 15 is 0 Å². The molecule has 3 aromatic carbocycles. The fraction of sp³-hybridized carbons (Fsp3) is 0.0800. The molecule has 33 heavy (non-hydrogen) atoms. The maximum absolute atomic E-state index is 13.8. The first-order chi connectivity index (χ1) is 15.8. The number of benzene rings is 3. The Kier molecular flexibility index (Phi) is 6.08. The molecule has 166 valence electrons. The van der Waals surface area contributed by atoms with Crippen LogP contribution in [0.1, 0.15) is 17.3 Å². The van der Waals surface area contributed by atoms with E-state index < -0.39 is 41.1 Å². The number of carbonyl (C=O) groups is 2. The number of nitrogens with zero attached hydrogens (tertiary/aromatic N) is 1. The van der Waals surface area contributed by atoms with E-state index in [1.807, 2.05) is 0 Å². The van der Waals surface area contributed by atoms with Crippen molar-refractivity contribution in [3.05, 3.63) is 95.8 Å². The molecule has 0 aliphatic heterocycles. The molecule has 1 unspecified atom stereocenters. The zero-order valence-electron chi connectivity index (χ0n) is 17.3. The summed E-state index contributed by atoms with van der Waals surface area (Å²) in [5, 5.41) is 2.59. The molecule has 1 N–H and O–H groups in total. The predicted octanol–water partition coefficient (Wildman–Crippen LogP) is 5.50. The number of pyridine rings is 1. The van der Waals surface area contributed by atoms with E-state index in [-0.39, 0.29) is 5.56 Å². The Labute approximate surface area is 186 Å². The van der Waals surface area contributed by atoms with Gasteiger partial charge in [0, 0.05) is 10.9 Å². The Balaban J connectivity index is 1.62. The van der Waals surface area contributed by atoms with Crippen LogP contribution in [0.15, 0.2) is 72.8 Å². The number of carbonyl (C=O) groups excluding carboxylic acids is 2. The lowest BCUT2D eigenvalue weighted by molar-refractivity contribution is -0.123. The summed E-state index contributed by atoms with van der Waals surface area (Å²) in [4.78, 5) is 29.9. The van der Waals surface area contributed by atoms with Crippen LogP contribution in [0.2, 0.25) is 0 Å². The lowest BCUT2D eigenvalue weighted by Gasteiger charge is -2.15. The van der Waals surface area contributed by atoms with Crippen molar-refractivity contribution in [1.82, 2.24) is 4.98 Å². The summed E-state index contributed by atoms with van der Waals surface area (Å²) in [5.74, 6) is -4.04. The van der Waals surface area contributed by atoms with Gasteiger partial charge in [-0.15, -0.1) is 0 Å². The molecule has 8 heteroatoms. The number of rotatable bonds is 5. The molecule has 0 aliphatic carbocycles.